The summed E-state index contributed by atoms with van der Waals surface area (Å²) in [7, 11) is -8.08. The van der Waals surface area contributed by atoms with Crippen molar-refractivity contribution < 1.29 is 31.1 Å². The average molecular weight is 579 g/mol. The predicted molar refractivity (Wildman–Crippen MR) is 141 cm³/mol. The SMILES string of the molecule is CC1(Cc2ccc(F)c(Cl)c2)C(=O)C(C2=NS(=O)(=O)c3cc(NS(C)(=O)=O)ccc3N2)=C(O)c2cccn21. The molecule has 14 heteroatoms. The highest BCUT2D eigenvalue weighted by atomic mass is 35.5. The molecular formula is C24H20ClFN4O6S2. The van der Waals surface area contributed by atoms with E-state index in [-0.39, 0.29) is 44.8 Å². The minimum Gasteiger partial charge on any atom is -0.505 e. The molecule has 0 spiro atoms. The number of halogens is 2. The molecule has 10 nitrogen and oxygen atoms in total. The molecule has 1 aromatic heterocycles. The Morgan fingerprint density at radius 1 is 1.21 bits per heavy atom. The third-order valence-corrected chi connectivity index (χ3v) is 8.49. The number of hydrogen-bond acceptors (Lipinski definition) is 7. The highest BCUT2D eigenvalue weighted by molar-refractivity contribution is 7.92. The number of anilines is 2. The van der Waals surface area contributed by atoms with E-state index in [2.05, 4.69) is 14.4 Å². The lowest BCUT2D eigenvalue weighted by Gasteiger charge is -2.37. The topological polar surface area (TPSA) is 147 Å². The van der Waals surface area contributed by atoms with Gasteiger partial charge in [-0.05, 0) is 55.0 Å². The molecule has 0 radical (unpaired) electrons. The van der Waals surface area contributed by atoms with Crippen molar-refractivity contribution in [1.82, 2.24) is 4.57 Å². The van der Waals surface area contributed by atoms with E-state index in [1.54, 1.807) is 29.8 Å². The number of carbonyl (C=O) groups excluding carboxylic acids is 1. The molecule has 5 rings (SSSR count). The fraction of sp³-hybridized carbons (Fsp3) is 0.167. The van der Waals surface area contributed by atoms with Crippen LogP contribution in [0.3, 0.4) is 0 Å². The van der Waals surface area contributed by atoms with E-state index in [1.807, 2.05) is 0 Å². The predicted octanol–water partition coefficient (Wildman–Crippen LogP) is 3.67. The van der Waals surface area contributed by atoms with Gasteiger partial charge in [-0.3, -0.25) is 9.52 Å². The van der Waals surface area contributed by atoms with Crippen molar-refractivity contribution in [2.24, 2.45) is 4.40 Å². The van der Waals surface area contributed by atoms with Gasteiger partial charge >= 0.3 is 0 Å². The van der Waals surface area contributed by atoms with E-state index in [9.17, 15) is 31.1 Å². The Morgan fingerprint density at radius 3 is 2.63 bits per heavy atom. The van der Waals surface area contributed by atoms with Gasteiger partial charge in [0.15, 0.2) is 17.4 Å². The van der Waals surface area contributed by atoms with Crippen molar-refractivity contribution in [3.63, 3.8) is 0 Å². The van der Waals surface area contributed by atoms with Crippen molar-refractivity contribution in [2.45, 2.75) is 23.8 Å². The number of aliphatic hydroxyl groups is 1. The molecule has 2 aliphatic heterocycles. The smallest absolute Gasteiger partial charge is 0.286 e. The number of carbonyl (C=O) groups is 1. The van der Waals surface area contributed by atoms with Gasteiger partial charge in [0.25, 0.3) is 10.0 Å². The number of hydrogen-bond donors (Lipinski definition) is 3. The van der Waals surface area contributed by atoms with Gasteiger partial charge in [0.05, 0.1) is 22.7 Å². The van der Waals surface area contributed by atoms with Crippen molar-refractivity contribution in [2.75, 3.05) is 16.3 Å². The summed E-state index contributed by atoms with van der Waals surface area (Å²) in [6.07, 6.45) is 2.57. The van der Waals surface area contributed by atoms with E-state index in [0.29, 0.717) is 5.56 Å². The molecule has 0 amide bonds. The first-order valence-electron chi connectivity index (χ1n) is 11.0. The van der Waals surface area contributed by atoms with E-state index in [1.165, 1.54) is 30.3 Å². The Bertz CT molecular complexity index is 1810. The van der Waals surface area contributed by atoms with Gasteiger partial charge < -0.3 is 15.0 Å². The van der Waals surface area contributed by atoms with Gasteiger partial charge in [-0.2, -0.15) is 8.42 Å². The van der Waals surface area contributed by atoms with E-state index >= 15 is 0 Å². The molecule has 1 unspecified atom stereocenters. The number of fused-ring (bicyclic) bond motifs is 2. The van der Waals surface area contributed by atoms with Crippen molar-refractivity contribution in [1.29, 1.82) is 0 Å². The largest absolute Gasteiger partial charge is 0.505 e. The molecule has 0 fully saturated rings. The number of aromatic nitrogens is 1. The van der Waals surface area contributed by atoms with Crippen LogP contribution >= 0.6 is 11.6 Å². The van der Waals surface area contributed by atoms with E-state index in [4.69, 9.17) is 11.6 Å². The Hall–Kier alpha value is -3.68. The Balaban J connectivity index is 1.60. The summed E-state index contributed by atoms with van der Waals surface area (Å²) in [6.45, 7) is 1.61. The molecule has 3 N–H and O–H groups in total. The second-order valence-corrected chi connectivity index (χ2v) is 12.9. The zero-order valence-electron chi connectivity index (χ0n) is 19.9. The molecule has 0 bridgehead atoms. The number of sulfonamides is 2. The number of nitrogens with zero attached hydrogens (tertiary/aromatic N) is 2. The highest BCUT2D eigenvalue weighted by Gasteiger charge is 2.46. The average Bonchev–Trinajstić information content (AvgIpc) is 3.31. The van der Waals surface area contributed by atoms with Crippen LogP contribution in [0, 0.1) is 5.82 Å². The summed E-state index contributed by atoms with van der Waals surface area (Å²) in [5, 5.41) is 13.7. The third-order valence-electron chi connectivity index (χ3n) is 6.27. The summed E-state index contributed by atoms with van der Waals surface area (Å²) in [4.78, 5) is 13.7. The Kier molecular flexibility index (Phi) is 5.93. The molecule has 0 saturated heterocycles. The first-order valence-corrected chi connectivity index (χ1v) is 14.7. The lowest BCUT2D eigenvalue weighted by atomic mass is 9.81. The van der Waals surface area contributed by atoms with Gasteiger partial charge in [-0.1, -0.05) is 17.7 Å². The molecule has 198 valence electrons. The maximum absolute atomic E-state index is 14.0. The molecule has 38 heavy (non-hydrogen) atoms. The number of nitrogens with one attached hydrogen (secondary N) is 2. The van der Waals surface area contributed by atoms with Crippen LogP contribution in [-0.2, 0) is 36.8 Å². The van der Waals surface area contributed by atoms with Crippen LogP contribution in [0.25, 0.3) is 5.76 Å². The van der Waals surface area contributed by atoms with Gasteiger partial charge in [-0.15, -0.1) is 4.40 Å². The van der Waals surface area contributed by atoms with Crippen LogP contribution in [0.1, 0.15) is 18.2 Å². The molecule has 0 aliphatic carbocycles. The summed E-state index contributed by atoms with van der Waals surface area (Å²) in [6, 6.07) is 11.0. The molecular weight excluding hydrogens is 559 g/mol. The van der Waals surface area contributed by atoms with Crippen LogP contribution in [0.2, 0.25) is 5.02 Å². The summed E-state index contributed by atoms with van der Waals surface area (Å²) >= 11 is 5.94. The van der Waals surface area contributed by atoms with E-state index in [0.717, 1.165) is 12.3 Å². The molecule has 1 atom stereocenters. The zero-order chi connectivity index (χ0) is 27.6. The lowest BCUT2D eigenvalue weighted by Crippen LogP contribution is -2.48. The molecule has 0 saturated carbocycles. The summed E-state index contributed by atoms with van der Waals surface area (Å²) in [5.74, 6) is -2.12. The van der Waals surface area contributed by atoms with Crippen molar-refractivity contribution in [3.8, 4) is 0 Å². The number of benzene rings is 2. The second kappa shape index (κ2) is 8.68. The third kappa shape index (κ3) is 4.36. The highest BCUT2D eigenvalue weighted by Crippen LogP contribution is 2.40. The summed E-state index contributed by atoms with van der Waals surface area (Å²) in [5.41, 5.74) is -0.881. The monoisotopic (exact) mass is 578 g/mol. The van der Waals surface area contributed by atoms with Crippen molar-refractivity contribution in [3.05, 3.63) is 82.4 Å². The van der Waals surface area contributed by atoms with Gasteiger partial charge in [-0.25, -0.2) is 12.8 Å². The van der Waals surface area contributed by atoms with Crippen LogP contribution in [0.4, 0.5) is 15.8 Å². The first kappa shape index (κ1) is 25.9. The van der Waals surface area contributed by atoms with Crippen LogP contribution in [-0.4, -0.2) is 44.4 Å². The van der Waals surface area contributed by atoms with Gasteiger partial charge in [0, 0.05) is 18.3 Å². The zero-order valence-corrected chi connectivity index (χ0v) is 22.2. The van der Waals surface area contributed by atoms with E-state index < -0.39 is 42.9 Å². The molecule has 3 heterocycles. The first-order chi connectivity index (χ1) is 17.7. The lowest BCUT2D eigenvalue weighted by molar-refractivity contribution is -0.123. The molecule has 2 aromatic carbocycles. The molecule has 3 aromatic rings. The number of ketones is 1. The van der Waals surface area contributed by atoms with Crippen molar-refractivity contribution >= 4 is 60.4 Å². The Morgan fingerprint density at radius 2 is 1.95 bits per heavy atom. The summed E-state index contributed by atoms with van der Waals surface area (Å²) < 4.78 is 70.6. The number of aliphatic hydroxyl groups excluding tert-OH is 1. The van der Waals surface area contributed by atoms with Crippen LogP contribution < -0.4 is 10.0 Å². The quantitative estimate of drug-likeness (QED) is 0.418. The second-order valence-electron chi connectivity index (χ2n) is 9.14. The minimum atomic E-state index is -4.41. The van der Waals surface area contributed by atoms with Gasteiger partial charge in [0.2, 0.25) is 10.0 Å². The number of amidine groups is 1. The van der Waals surface area contributed by atoms with Crippen LogP contribution in [0.15, 0.2) is 69.6 Å². The normalized spacial score (nSPS) is 20.3. The van der Waals surface area contributed by atoms with Gasteiger partial charge in [0.1, 0.15) is 21.8 Å². The minimum absolute atomic E-state index is 0.00874. The fourth-order valence-electron chi connectivity index (χ4n) is 4.60. The van der Waals surface area contributed by atoms with Crippen LogP contribution in [0.5, 0.6) is 0 Å². The Labute approximate surface area is 222 Å². The maximum atomic E-state index is 14.0. The fourth-order valence-corrected chi connectivity index (χ4v) is 6.50. The maximum Gasteiger partial charge on any atom is 0.286 e. The molecule has 2 aliphatic rings. The standard InChI is InChI=1S/C24H20ClFN4O6S2/c1-24(12-13-5-7-16(26)15(25)10-13)22(32)20(21(31)18-4-3-9-30(18)24)23-27-17-8-6-14(28-37(2,33)34)11-19(17)38(35,36)29-23/h3-11,28,31H,12H2,1-2H3,(H,27,29). The number of Topliss-reactive ketones (excluding diaryl/α,β-unsaturated/α-hetero) is 1. The number of rotatable bonds is 5.